The summed E-state index contributed by atoms with van der Waals surface area (Å²) < 4.78 is 11.8. The number of thiophene rings is 1. The molecule has 0 spiro atoms. The number of fused-ring (bicyclic) bond motifs is 2. The molecule has 124 valence electrons. The van der Waals surface area contributed by atoms with Crippen molar-refractivity contribution in [2.45, 2.75) is 19.5 Å². The number of ether oxygens (including phenoxy) is 2. The Hall–Kier alpha value is -2.38. The lowest BCUT2D eigenvalue weighted by Crippen LogP contribution is -2.22. The summed E-state index contributed by atoms with van der Waals surface area (Å²) in [5.74, 6) is 2.19. The highest BCUT2D eigenvalue weighted by atomic mass is 32.1. The van der Waals surface area contributed by atoms with E-state index in [1.165, 1.54) is 11.3 Å². The van der Waals surface area contributed by atoms with E-state index >= 15 is 0 Å². The first-order chi connectivity index (χ1) is 11.7. The molecule has 0 unspecified atom stereocenters. The second-order valence-electron chi connectivity index (χ2n) is 5.65. The Morgan fingerprint density at radius 2 is 2.12 bits per heavy atom. The maximum Gasteiger partial charge on any atom is 0.268 e. The first-order valence-corrected chi connectivity index (χ1v) is 8.68. The summed E-state index contributed by atoms with van der Waals surface area (Å²) in [5, 5.41) is 5.26. The van der Waals surface area contributed by atoms with Gasteiger partial charge >= 0.3 is 0 Å². The molecule has 1 atom stereocenters. The largest absolute Gasteiger partial charge is 0.486 e. The van der Waals surface area contributed by atoms with Crippen molar-refractivity contribution in [2.75, 3.05) is 13.2 Å². The van der Waals surface area contributed by atoms with E-state index in [0.29, 0.717) is 30.3 Å². The van der Waals surface area contributed by atoms with Crippen LogP contribution in [0.2, 0.25) is 0 Å². The van der Waals surface area contributed by atoms with Gasteiger partial charge in [-0.1, -0.05) is 6.07 Å². The Bertz CT molecular complexity index is 934. The van der Waals surface area contributed by atoms with Gasteiger partial charge in [-0.15, -0.1) is 11.3 Å². The number of nitrogens with zero attached hydrogens (tertiary/aromatic N) is 1. The molecule has 0 saturated heterocycles. The molecule has 1 aromatic carbocycles. The summed E-state index contributed by atoms with van der Waals surface area (Å²) >= 11 is 1.40. The topological polar surface area (TPSA) is 76.2 Å². The predicted octanol–water partition coefficient (Wildman–Crippen LogP) is 2.61. The van der Waals surface area contributed by atoms with E-state index in [-0.39, 0.29) is 11.6 Å². The standard InChI is InChI=1S/C17H17N3O3S/c1-10(11-2-3-13-14(8-11)23-6-5-22-13)18-9-15-19-12-4-7-24-16(12)17(21)20-15/h2-4,7-8,10,18H,5-6,9H2,1H3,(H,19,20,21)/t10-/m1/s1. The smallest absolute Gasteiger partial charge is 0.268 e. The molecule has 3 aromatic rings. The lowest BCUT2D eigenvalue weighted by Gasteiger charge is -2.21. The zero-order chi connectivity index (χ0) is 16.5. The van der Waals surface area contributed by atoms with Gasteiger partial charge in [0.2, 0.25) is 0 Å². The van der Waals surface area contributed by atoms with Crippen LogP contribution in [0.5, 0.6) is 11.5 Å². The van der Waals surface area contributed by atoms with Gasteiger partial charge in [0.25, 0.3) is 5.56 Å². The molecule has 0 aliphatic carbocycles. The number of hydrogen-bond acceptors (Lipinski definition) is 6. The van der Waals surface area contributed by atoms with Gasteiger partial charge in [-0.3, -0.25) is 4.79 Å². The minimum absolute atomic E-state index is 0.0845. The Kier molecular flexibility index (Phi) is 3.95. The van der Waals surface area contributed by atoms with E-state index in [9.17, 15) is 4.79 Å². The highest BCUT2D eigenvalue weighted by Crippen LogP contribution is 2.32. The van der Waals surface area contributed by atoms with E-state index in [4.69, 9.17) is 9.47 Å². The molecule has 0 radical (unpaired) electrons. The number of H-pyrrole nitrogens is 1. The summed E-state index contributed by atoms with van der Waals surface area (Å²) in [4.78, 5) is 19.3. The normalized spacial score (nSPS) is 14.7. The van der Waals surface area contributed by atoms with Crippen LogP contribution < -0.4 is 20.3 Å². The molecule has 1 aliphatic heterocycles. The Balaban J connectivity index is 1.49. The first-order valence-electron chi connectivity index (χ1n) is 7.80. The molecule has 6 nitrogen and oxygen atoms in total. The van der Waals surface area contributed by atoms with Crippen LogP contribution in [0.15, 0.2) is 34.4 Å². The second kappa shape index (κ2) is 6.26. The molecular weight excluding hydrogens is 326 g/mol. The van der Waals surface area contributed by atoms with Crippen molar-refractivity contribution in [3.8, 4) is 11.5 Å². The SMILES string of the molecule is C[C@@H](NCc1nc2ccsc2c(=O)[nH]1)c1ccc2c(c1)OCCO2. The van der Waals surface area contributed by atoms with Gasteiger partial charge in [0.05, 0.1) is 12.1 Å². The van der Waals surface area contributed by atoms with Crippen molar-refractivity contribution in [1.29, 1.82) is 0 Å². The highest BCUT2D eigenvalue weighted by Gasteiger charge is 2.14. The molecule has 0 saturated carbocycles. The molecule has 24 heavy (non-hydrogen) atoms. The number of nitrogens with one attached hydrogen (secondary N) is 2. The summed E-state index contributed by atoms with van der Waals surface area (Å²) in [6.07, 6.45) is 0. The van der Waals surface area contributed by atoms with E-state index in [2.05, 4.69) is 22.2 Å². The van der Waals surface area contributed by atoms with Crippen molar-refractivity contribution in [3.05, 3.63) is 51.4 Å². The van der Waals surface area contributed by atoms with E-state index < -0.39 is 0 Å². The summed E-state index contributed by atoms with van der Waals surface area (Å²) in [6.45, 7) is 3.71. The summed E-state index contributed by atoms with van der Waals surface area (Å²) in [6, 6.07) is 7.89. The first kappa shape index (κ1) is 15.2. The van der Waals surface area contributed by atoms with Gasteiger partial charge in [-0.2, -0.15) is 0 Å². The van der Waals surface area contributed by atoms with Crippen molar-refractivity contribution in [1.82, 2.24) is 15.3 Å². The van der Waals surface area contributed by atoms with E-state index in [1.807, 2.05) is 29.6 Å². The highest BCUT2D eigenvalue weighted by molar-refractivity contribution is 7.17. The third-order valence-corrected chi connectivity index (χ3v) is 4.91. The number of aromatic amines is 1. The second-order valence-corrected chi connectivity index (χ2v) is 6.57. The van der Waals surface area contributed by atoms with Crippen LogP contribution in [-0.4, -0.2) is 23.2 Å². The molecule has 0 bridgehead atoms. The van der Waals surface area contributed by atoms with Gasteiger partial charge in [0.1, 0.15) is 23.7 Å². The molecule has 2 N–H and O–H groups in total. The fourth-order valence-electron chi connectivity index (χ4n) is 2.70. The van der Waals surface area contributed by atoms with Crippen molar-refractivity contribution in [2.24, 2.45) is 0 Å². The monoisotopic (exact) mass is 343 g/mol. The molecule has 7 heteroatoms. The molecule has 4 rings (SSSR count). The average Bonchev–Trinajstić information content (AvgIpc) is 3.08. The van der Waals surface area contributed by atoms with Crippen LogP contribution in [0.3, 0.4) is 0 Å². The lowest BCUT2D eigenvalue weighted by atomic mass is 10.1. The third kappa shape index (κ3) is 2.88. The maximum absolute atomic E-state index is 12.0. The van der Waals surface area contributed by atoms with Crippen molar-refractivity contribution in [3.63, 3.8) is 0 Å². The lowest BCUT2D eigenvalue weighted by molar-refractivity contribution is 0.171. The average molecular weight is 343 g/mol. The van der Waals surface area contributed by atoms with Gasteiger partial charge in [-0.05, 0) is 36.1 Å². The number of hydrogen-bond donors (Lipinski definition) is 2. The number of aromatic nitrogens is 2. The molecular formula is C17H17N3O3S. The predicted molar refractivity (Wildman–Crippen MR) is 92.9 cm³/mol. The van der Waals surface area contributed by atoms with Crippen molar-refractivity contribution < 1.29 is 9.47 Å². The van der Waals surface area contributed by atoms with Gasteiger partial charge in [0.15, 0.2) is 11.5 Å². The maximum atomic E-state index is 12.0. The third-order valence-electron chi connectivity index (χ3n) is 4.01. The zero-order valence-electron chi connectivity index (χ0n) is 13.2. The molecule has 0 amide bonds. The molecule has 0 fully saturated rings. The minimum atomic E-state index is -0.0845. The Morgan fingerprint density at radius 3 is 3.00 bits per heavy atom. The van der Waals surface area contributed by atoms with Crippen molar-refractivity contribution >= 4 is 21.6 Å². The van der Waals surface area contributed by atoms with Crippen LogP contribution in [0.25, 0.3) is 10.2 Å². The molecule has 2 aromatic heterocycles. The van der Waals surface area contributed by atoms with Gasteiger partial charge < -0.3 is 19.8 Å². The Morgan fingerprint density at radius 1 is 1.29 bits per heavy atom. The number of rotatable bonds is 4. The van der Waals surface area contributed by atoms with E-state index in [0.717, 1.165) is 22.6 Å². The van der Waals surface area contributed by atoms with Crippen LogP contribution >= 0.6 is 11.3 Å². The zero-order valence-corrected chi connectivity index (χ0v) is 14.0. The summed E-state index contributed by atoms with van der Waals surface area (Å²) in [7, 11) is 0. The van der Waals surface area contributed by atoms with E-state index in [1.54, 1.807) is 0 Å². The molecule has 3 heterocycles. The fourth-order valence-corrected chi connectivity index (χ4v) is 3.43. The van der Waals surface area contributed by atoms with Crippen LogP contribution in [0, 0.1) is 0 Å². The minimum Gasteiger partial charge on any atom is -0.486 e. The van der Waals surface area contributed by atoms with Crippen LogP contribution in [0.1, 0.15) is 24.4 Å². The van der Waals surface area contributed by atoms with Gasteiger partial charge in [-0.25, -0.2) is 4.98 Å². The van der Waals surface area contributed by atoms with Gasteiger partial charge in [0, 0.05) is 6.04 Å². The number of benzene rings is 1. The summed E-state index contributed by atoms with van der Waals surface area (Å²) in [5.41, 5.74) is 1.75. The quantitative estimate of drug-likeness (QED) is 0.761. The van der Waals surface area contributed by atoms with Crippen LogP contribution in [-0.2, 0) is 6.54 Å². The molecule has 1 aliphatic rings. The fraction of sp³-hybridized carbons (Fsp3) is 0.294. The van der Waals surface area contributed by atoms with Crippen LogP contribution in [0.4, 0.5) is 0 Å². The Labute approximate surface area is 142 Å².